The zero-order chi connectivity index (χ0) is 13.3. The van der Waals surface area contributed by atoms with Crippen molar-refractivity contribution in [2.24, 2.45) is 5.41 Å². The topological polar surface area (TPSA) is 33.7 Å². The Kier molecular flexibility index (Phi) is 3.28. The molecule has 0 saturated heterocycles. The lowest BCUT2D eigenvalue weighted by Crippen LogP contribution is -2.33. The van der Waals surface area contributed by atoms with Crippen molar-refractivity contribution in [2.75, 3.05) is 44.6 Å². The average molecular weight is 250 g/mol. The molecule has 0 aliphatic carbocycles. The molecule has 1 aromatic carbocycles. The molecule has 18 heavy (non-hydrogen) atoms. The zero-order valence-corrected chi connectivity index (χ0v) is 11.8. The SMILES string of the molecule is COc1cc2c(cc1OC)N(C)CC(C)(C)CN2. The quantitative estimate of drug-likeness (QED) is 0.874. The summed E-state index contributed by atoms with van der Waals surface area (Å²) in [6.45, 7) is 6.47. The van der Waals surface area contributed by atoms with Gasteiger partial charge in [-0.3, -0.25) is 0 Å². The molecule has 1 aliphatic rings. The van der Waals surface area contributed by atoms with E-state index in [4.69, 9.17) is 9.47 Å². The van der Waals surface area contributed by atoms with Gasteiger partial charge in [0, 0.05) is 32.3 Å². The van der Waals surface area contributed by atoms with Crippen LogP contribution in [-0.2, 0) is 0 Å². The van der Waals surface area contributed by atoms with E-state index in [0.717, 1.165) is 36.0 Å². The fourth-order valence-corrected chi connectivity index (χ4v) is 2.44. The van der Waals surface area contributed by atoms with Gasteiger partial charge in [0.05, 0.1) is 25.6 Å². The lowest BCUT2D eigenvalue weighted by atomic mass is 9.93. The van der Waals surface area contributed by atoms with Crippen molar-refractivity contribution in [2.45, 2.75) is 13.8 Å². The number of fused-ring (bicyclic) bond motifs is 1. The standard InChI is InChI=1S/C14H22N2O2/c1-14(2)8-15-10-6-12(17-4)13(18-5)7-11(10)16(3)9-14/h6-7,15H,8-9H2,1-5H3. The molecule has 4 nitrogen and oxygen atoms in total. The van der Waals surface area contributed by atoms with Crippen LogP contribution in [0.5, 0.6) is 11.5 Å². The van der Waals surface area contributed by atoms with Crippen LogP contribution in [0.1, 0.15) is 13.8 Å². The van der Waals surface area contributed by atoms with Crippen molar-refractivity contribution in [3.8, 4) is 11.5 Å². The van der Waals surface area contributed by atoms with E-state index in [1.54, 1.807) is 14.2 Å². The highest BCUT2D eigenvalue weighted by Gasteiger charge is 2.26. The Morgan fingerprint density at radius 3 is 2.39 bits per heavy atom. The molecule has 4 heteroatoms. The Bertz CT molecular complexity index is 444. The number of anilines is 2. The molecule has 0 fully saturated rings. The molecule has 100 valence electrons. The second-order valence-corrected chi connectivity index (χ2v) is 5.60. The zero-order valence-electron chi connectivity index (χ0n) is 11.8. The number of hydrogen-bond donors (Lipinski definition) is 1. The fourth-order valence-electron chi connectivity index (χ4n) is 2.44. The minimum absolute atomic E-state index is 0.230. The average Bonchev–Trinajstić information content (AvgIpc) is 2.44. The number of nitrogens with one attached hydrogen (secondary N) is 1. The van der Waals surface area contributed by atoms with Crippen LogP contribution in [0, 0.1) is 5.41 Å². The van der Waals surface area contributed by atoms with Gasteiger partial charge in [0.2, 0.25) is 0 Å². The van der Waals surface area contributed by atoms with Gasteiger partial charge in [0.25, 0.3) is 0 Å². The van der Waals surface area contributed by atoms with Gasteiger partial charge in [-0.2, -0.15) is 0 Å². The van der Waals surface area contributed by atoms with Gasteiger partial charge in [-0.25, -0.2) is 0 Å². The summed E-state index contributed by atoms with van der Waals surface area (Å²) in [5.41, 5.74) is 2.48. The maximum Gasteiger partial charge on any atom is 0.162 e. The Balaban J connectivity index is 2.46. The Morgan fingerprint density at radius 1 is 1.17 bits per heavy atom. The van der Waals surface area contributed by atoms with Crippen LogP contribution in [0.2, 0.25) is 0 Å². The highest BCUT2D eigenvalue weighted by Crippen LogP contribution is 2.40. The maximum atomic E-state index is 5.36. The van der Waals surface area contributed by atoms with E-state index in [1.807, 2.05) is 12.1 Å². The first-order chi connectivity index (χ1) is 8.46. The Morgan fingerprint density at radius 2 is 1.78 bits per heavy atom. The lowest BCUT2D eigenvalue weighted by Gasteiger charge is -2.27. The van der Waals surface area contributed by atoms with E-state index in [9.17, 15) is 0 Å². The van der Waals surface area contributed by atoms with E-state index in [2.05, 4.69) is 31.1 Å². The summed E-state index contributed by atoms with van der Waals surface area (Å²) in [7, 11) is 5.44. The van der Waals surface area contributed by atoms with Crippen LogP contribution in [0.4, 0.5) is 11.4 Å². The van der Waals surface area contributed by atoms with Gasteiger partial charge >= 0.3 is 0 Å². The maximum absolute atomic E-state index is 5.36. The van der Waals surface area contributed by atoms with Crippen LogP contribution in [0.3, 0.4) is 0 Å². The molecular weight excluding hydrogens is 228 g/mol. The molecule has 1 aromatic rings. The predicted octanol–water partition coefficient (Wildman–Crippen LogP) is 2.59. The van der Waals surface area contributed by atoms with Crippen molar-refractivity contribution in [1.29, 1.82) is 0 Å². The van der Waals surface area contributed by atoms with Crippen LogP contribution in [0.15, 0.2) is 12.1 Å². The predicted molar refractivity (Wildman–Crippen MR) is 75.1 cm³/mol. The summed E-state index contributed by atoms with van der Waals surface area (Å²) >= 11 is 0. The first-order valence-corrected chi connectivity index (χ1v) is 6.18. The number of benzene rings is 1. The second-order valence-electron chi connectivity index (χ2n) is 5.60. The summed E-state index contributed by atoms with van der Waals surface area (Å²) in [5.74, 6) is 1.53. The van der Waals surface area contributed by atoms with E-state index in [-0.39, 0.29) is 5.41 Å². The van der Waals surface area contributed by atoms with E-state index in [1.165, 1.54) is 0 Å². The molecule has 0 amide bonds. The molecule has 2 rings (SSSR count). The van der Waals surface area contributed by atoms with Gasteiger partial charge in [0.15, 0.2) is 11.5 Å². The summed E-state index contributed by atoms with van der Waals surface area (Å²) in [6.07, 6.45) is 0. The highest BCUT2D eigenvalue weighted by molar-refractivity contribution is 5.75. The molecule has 0 unspecified atom stereocenters. The summed E-state index contributed by atoms with van der Waals surface area (Å²) in [5, 5.41) is 3.49. The highest BCUT2D eigenvalue weighted by atomic mass is 16.5. The van der Waals surface area contributed by atoms with Gasteiger partial charge < -0.3 is 19.7 Å². The number of ether oxygens (including phenoxy) is 2. The van der Waals surface area contributed by atoms with Gasteiger partial charge in [-0.1, -0.05) is 13.8 Å². The van der Waals surface area contributed by atoms with E-state index < -0.39 is 0 Å². The van der Waals surface area contributed by atoms with Crippen molar-refractivity contribution in [3.63, 3.8) is 0 Å². The van der Waals surface area contributed by atoms with E-state index in [0.29, 0.717) is 0 Å². The smallest absolute Gasteiger partial charge is 0.162 e. The Hall–Kier alpha value is -1.58. The van der Waals surface area contributed by atoms with Crippen molar-refractivity contribution in [1.82, 2.24) is 0 Å². The summed E-state index contributed by atoms with van der Waals surface area (Å²) < 4.78 is 10.7. The number of methoxy groups -OCH3 is 2. The van der Waals surface area contributed by atoms with Crippen molar-refractivity contribution < 1.29 is 9.47 Å². The Labute approximate surface area is 109 Å². The number of hydrogen-bond acceptors (Lipinski definition) is 4. The van der Waals surface area contributed by atoms with Crippen LogP contribution in [-0.4, -0.2) is 34.4 Å². The molecule has 1 heterocycles. The first kappa shape index (κ1) is 12.9. The number of rotatable bonds is 2. The molecule has 0 spiro atoms. The van der Waals surface area contributed by atoms with Crippen LogP contribution < -0.4 is 19.7 Å². The lowest BCUT2D eigenvalue weighted by molar-refractivity contribution is 0.355. The molecular formula is C14H22N2O2. The summed E-state index contributed by atoms with van der Waals surface area (Å²) in [4.78, 5) is 2.26. The monoisotopic (exact) mass is 250 g/mol. The third-order valence-electron chi connectivity index (χ3n) is 3.34. The van der Waals surface area contributed by atoms with Crippen molar-refractivity contribution >= 4 is 11.4 Å². The van der Waals surface area contributed by atoms with Gasteiger partial charge in [0.1, 0.15) is 0 Å². The molecule has 1 N–H and O–H groups in total. The fraction of sp³-hybridized carbons (Fsp3) is 0.571. The van der Waals surface area contributed by atoms with Gasteiger partial charge in [-0.05, 0) is 5.41 Å². The van der Waals surface area contributed by atoms with Crippen LogP contribution in [0.25, 0.3) is 0 Å². The van der Waals surface area contributed by atoms with Gasteiger partial charge in [-0.15, -0.1) is 0 Å². The minimum Gasteiger partial charge on any atom is -0.493 e. The normalized spacial score (nSPS) is 17.5. The third-order valence-corrected chi connectivity index (χ3v) is 3.34. The molecule has 0 radical (unpaired) electrons. The molecule has 1 aliphatic heterocycles. The van der Waals surface area contributed by atoms with Crippen LogP contribution >= 0.6 is 0 Å². The number of nitrogens with zero attached hydrogens (tertiary/aromatic N) is 1. The summed E-state index contributed by atoms with van der Waals surface area (Å²) in [6, 6.07) is 4.04. The second kappa shape index (κ2) is 4.59. The first-order valence-electron chi connectivity index (χ1n) is 6.18. The molecule has 0 bridgehead atoms. The largest absolute Gasteiger partial charge is 0.493 e. The molecule has 0 saturated carbocycles. The molecule has 0 aromatic heterocycles. The third kappa shape index (κ3) is 2.33. The van der Waals surface area contributed by atoms with E-state index >= 15 is 0 Å². The molecule has 0 atom stereocenters. The minimum atomic E-state index is 0.230. The van der Waals surface area contributed by atoms with Crippen molar-refractivity contribution in [3.05, 3.63) is 12.1 Å².